The molecule has 0 unspecified atom stereocenters. The molecule has 1 aliphatic rings. The number of aryl methyl sites for hydroxylation is 2. The number of carbonyl (C=O) groups is 1. The molecule has 0 saturated carbocycles. The van der Waals surface area contributed by atoms with Crippen molar-refractivity contribution in [3.63, 3.8) is 0 Å². The van der Waals surface area contributed by atoms with Gasteiger partial charge in [0.15, 0.2) is 0 Å². The molecule has 1 saturated heterocycles. The first-order valence-corrected chi connectivity index (χ1v) is 9.91. The van der Waals surface area contributed by atoms with E-state index in [1.165, 1.54) is 6.07 Å². The largest absolute Gasteiger partial charge is 0.378 e. The molecule has 1 fully saturated rings. The number of benzene rings is 2. The third kappa shape index (κ3) is 4.65. The molecule has 1 aliphatic heterocycles. The lowest BCUT2D eigenvalue weighted by molar-refractivity contribution is -0.116. The monoisotopic (exact) mass is 410 g/mol. The maximum absolute atomic E-state index is 13.8. The van der Waals surface area contributed by atoms with Gasteiger partial charge in [0.25, 0.3) is 0 Å². The zero-order valence-corrected chi connectivity index (χ0v) is 16.7. The first-order chi connectivity index (χ1) is 14.6. The highest BCUT2D eigenvalue weighted by molar-refractivity contribution is 5.94. The van der Waals surface area contributed by atoms with Crippen LogP contribution in [0.5, 0.6) is 0 Å². The predicted molar refractivity (Wildman–Crippen MR) is 111 cm³/mol. The first kappa shape index (κ1) is 20.0. The van der Waals surface area contributed by atoms with E-state index in [1.807, 2.05) is 24.3 Å². The van der Waals surface area contributed by atoms with Gasteiger partial charge >= 0.3 is 0 Å². The lowest BCUT2D eigenvalue weighted by Crippen LogP contribution is -2.36. The van der Waals surface area contributed by atoms with Crippen LogP contribution in [0.2, 0.25) is 0 Å². The van der Waals surface area contributed by atoms with Gasteiger partial charge in [0.05, 0.1) is 24.6 Å². The normalized spacial score (nSPS) is 14.0. The number of para-hydroxylation sites is 2. The third-order valence-corrected chi connectivity index (χ3v) is 4.99. The van der Waals surface area contributed by atoms with E-state index in [2.05, 4.69) is 20.4 Å². The van der Waals surface area contributed by atoms with Crippen LogP contribution in [0.15, 0.2) is 47.0 Å². The Morgan fingerprint density at radius 3 is 2.80 bits per heavy atom. The summed E-state index contributed by atoms with van der Waals surface area (Å²) >= 11 is 0. The molecule has 30 heavy (non-hydrogen) atoms. The molecule has 4 rings (SSSR count). The van der Waals surface area contributed by atoms with E-state index in [1.54, 1.807) is 19.1 Å². The van der Waals surface area contributed by atoms with Crippen molar-refractivity contribution in [3.05, 3.63) is 59.7 Å². The highest BCUT2D eigenvalue weighted by atomic mass is 19.1. The fraction of sp³-hybridized carbons (Fsp3) is 0.318. The van der Waals surface area contributed by atoms with E-state index >= 15 is 0 Å². The van der Waals surface area contributed by atoms with Crippen LogP contribution < -0.4 is 10.2 Å². The Hall–Kier alpha value is -3.26. The summed E-state index contributed by atoms with van der Waals surface area (Å²) in [6.45, 7) is 4.62. The summed E-state index contributed by atoms with van der Waals surface area (Å²) in [7, 11) is 0. The van der Waals surface area contributed by atoms with Gasteiger partial charge in [-0.1, -0.05) is 29.4 Å². The van der Waals surface area contributed by atoms with Gasteiger partial charge in [0.1, 0.15) is 5.82 Å². The molecule has 2 aromatic carbocycles. The molecule has 8 heteroatoms. The Bertz CT molecular complexity index is 1030. The van der Waals surface area contributed by atoms with E-state index in [-0.39, 0.29) is 18.1 Å². The number of morpholine rings is 1. The van der Waals surface area contributed by atoms with Crippen LogP contribution in [0.3, 0.4) is 0 Å². The molecule has 1 amide bonds. The second kappa shape index (κ2) is 9.04. The number of nitrogens with zero attached hydrogens (tertiary/aromatic N) is 3. The highest BCUT2D eigenvalue weighted by Gasteiger charge is 2.17. The summed E-state index contributed by atoms with van der Waals surface area (Å²) in [5, 5.41) is 6.86. The molecular formula is C22H23FN4O3. The number of amides is 1. The fourth-order valence-corrected chi connectivity index (χ4v) is 3.30. The summed E-state index contributed by atoms with van der Waals surface area (Å²) in [4.78, 5) is 19.0. The molecule has 1 aromatic heterocycles. The van der Waals surface area contributed by atoms with Crippen LogP contribution in [0, 0.1) is 12.7 Å². The van der Waals surface area contributed by atoms with Gasteiger partial charge in [0.2, 0.25) is 17.6 Å². The van der Waals surface area contributed by atoms with Crippen molar-refractivity contribution in [2.24, 2.45) is 0 Å². The van der Waals surface area contributed by atoms with Crippen molar-refractivity contribution >= 4 is 17.3 Å². The number of rotatable bonds is 6. The smallest absolute Gasteiger partial charge is 0.227 e. The standard InChI is InChI=1S/C22H23FN4O3/c1-15-6-7-16(14-17(15)23)22-25-21(30-26-22)9-8-20(28)24-18-4-2-3-5-19(18)27-10-12-29-13-11-27/h2-7,14H,8-13H2,1H3,(H,24,28). The lowest BCUT2D eigenvalue weighted by atomic mass is 10.1. The van der Waals surface area contributed by atoms with E-state index < -0.39 is 0 Å². The minimum absolute atomic E-state index is 0.142. The number of hydrogen-bond donors (Lipinski definition) is 1. The first-order valence-electron chi connectivity index (χ1n) is 9.91. The molecule has 0 atom stereocenters. The van der Waals surface area contributed by atoms with E-state index in [4.69, 9.17) is 9.26 Å². The predicted octanol–water partition coefficient (Wildman–Crippen LogP) is 3.59. The molecule has 0 spiro atoms. The quantitative estimate of drug-likeness (QED) is 0.669. The maximum Gasteiger partial charge on any atom is 0.227 e. The lowest BCUT2D eigenvalue weighted by Gasteiger charge is -2.30. The van der Waals surface area contributed by atoms with Gasteiger partial charge in [-0.3, -0.25) is 4.79 Å². The van der Waals surface area contributed by atoms with E-state index in [0.717, 1.165) is 24.5 Å². The Morgan fingerprint density at radius 1 is 1.20 bits per heavy atom. The zero-order valence-electron chi connectivity index (χ0n) is 16.7. The second-order valence-electron chi connectivity index (χ2n) is 7.14. The van der Waals surface area contributed by atoms with Gasteiger partial charge in [-0.05, 0) is 30.7 Å². The minimum Gasteiger partial charge on any atom is -0.378 e. The number of nitrogens with one attached hydrogen (secondary N) is 1. The van der Waals surface area contributed by atoms with Crippen molar-refractivity contribution in [2.75, 3.05) is 36.5 Å². The summed E-state index contributed by atoms with van der Waals surface area (Å²) < 4.78 is 24.4. The number of halogens is 1. The molecule has 0 radical (unpaired) electrons. The zero-order chi connectivity index (χ0) is 20.9. The molecule has 0 bridgehead atoms. The number of hydrogen-bond acceptors (Lipinski definition) is 6. The molecule has 156 valence electrons. The average molecular weight is 410 g/mol. The van der Waals surface area contributed by atoms with Crippen molar-refractivity contribution in [3.8, 4) is 11.4 Å². The Kier molecular flexibility index (Phi) is 6.04. The van der Waals surface area contributed by atoms with Crippen molar-refractivity contribution < 1.29 is 18.4 Å². The van der Waals surface area contributed by atoms with Gasteiger partial charge in [0, 0.05) is 31.5 Å². The van der Waals surface area contributed by atoms with Crippen molar-refractivity contribution in [2.45, 2.75) is 19.8 Å². The van der Waals surface area contributed by atoms with Gasteiger partial charge in [-0.25, -0.2) is 4.39 Å². The van der Waals surface area contributed by atoms with Crippen LogP contribution >= 0.6 is 0 Å². The third-order valence-electron chi connectivity index (χ3n) is 4.99. The van der Waals surface area contributed by atoms with Gasteiger partial charge < -0.3 is 19.5 Å². The van der Waals surface area contributed by atoms with Crippen molar-refractivity contribution in [1.82, 2.24) is 10.1 Å². The summed E-state index contributed by atoms with van der Waals surface area (Å²) in [5.74, 6) is 0.179. The van der Waals surface area contributed by atoms with Crippen molar-refractivity contribution in [1.29, 1.82) is 0 Å². The van der Waals surface area contributed by atoms with E-state index in [0.29, 0.717) is 42.5 Å². The molecule has 0 aliphatic carbocycles. The Balaban J connectivity index is 1.37. The summed E-state index contributed by atoms with van der Waals surface area (Å²) in [5.41, 5.74) is 2.84. The highest BCUT2D eigenvalue weighted by Crippen LogP contribution is 2.26. The SMILES string of the molecule is Cc1ccc(-c2noc(CCC(=O)Nc3ccccc3N3CCOCC3)n2)cc1F. The topological polar surface area (TPSA) is 80.5 Å². The fourth-order valence-electron chi connectivity index (χ4n) is 3.30. The average Bonchev–Trinajstić information content (AvgIpc) is 3.24. The Labute approximate surface area is 173 Å². The molecule has 3 aromatic rings. The summed E-state index contributed by atoms with van der Waals surface area (Å²) in [6.07, 6.45) is 0.494. The van der Waals surface area contributed by atoms with Gasteiger partial charge in [-0.2, -0.15) is 4.98 Å². The van der Waals surface area contributed by atoms with E-state index in [9.17, 15) is 9.18 Å². The number of ether oxygens (including phenoxy) is 1. The van der Waals surface area contributed by atoms with Crippen LogP contribution in [0.25, 0.3) is 11.4 Å². The number of anilines is 2. The minimum atomic E-state index is -0.322. The summed E-state index contributed by atoms with van der Waals surface area (Å²) in [6, 6.07) is 12.5. The Morgan fingerprint density at radius 2 is 2.00 bits per heavy atom. The molecule has 1 N–H and O–H groups in total. The molecule has 2 heterocycles. The van der Waals surface area contributed by atoms with Crippen LogP contribution in [0.4, 0.5) is 15.8 Å². The van der Waals surface area contributed by atoms with Crippen LogP contribution in [-0.2, 0) is 16.0 Å². The molecular weight excluding hydrogens is 387 g/mol. The maximum atomic E-state index is 13.8. The van der Waals surface area contributed by atoms with Crippen LogP contribution in [0.1, 0.15) is 17.9 Å². The van der Waals surface area contributed by atoms with Gasteiger partial charge in [-0.15, -0.1) is 0 Å². The number of aromatic nitrogens is 2. The number of carbonyl (C=O) groups excluding carboxylic acids is 1. The van der Waals surface area contributed by atoms with Crippen LogP contribution in [-0.4, -0.2) is 42.4 Å². The molecule has 7 nitrogen and oxygen atoms in total. The second-order valence-corrected chi connectivity index (χ2v) is 7.14.